The number of nitrogens with one attached hydrogen (secondary N) is 2. The molecule has 0 saturated carbocycles. The van der Waals surface area contributed by atoms with Gasteiger partial charge in [-0.25, -0.2) is 8.78 Å². The summed E-state index contributed by atoms with van der Waals surface area (Å²) in [5.41, 5.74) is 3.17. The van der Waals surface area contributed by atoms with Gasteiger partial charge >= 0.3 is 0 Å². The van der Waals surface area contributed by atoms with Crippen LogP contribution in [0.1, 0.15) is 27.0 Å². The number of hydrogen-bond donors (Lipinski definition) is 2. The van der Waals surface area contributed by atoms with E-state index in [0.717, 1.165) is 57.6 Å². The minimum Gasteiger partial charge on any atom is -0.325 e. The highest BCUT2D eigenvalue weighted by Gasteiger charge is 2.19. The summed E-state index contributed by atoms with van der Waals surface area (Å²) < 4.78 is 27.8. The molecule has 3 aromatic rings. The summed E-state index contributed by atoms with van der Waals surface area (Å²) >= 11 is 2.15. The fourth-order valence-corrected chi connectivity index (χ4v) is 4.42. The Labute approximate surface area is 180 Å². The van der Waals surface area contributed by atoms with Gasteiger partial charge in [-0.1, -0.05) is 46.9 Å². The van der Waals surface area contributed by atoms with E-state index in [2.05, 4.69) is 20.8 Å². The summed E-state index contributed by atoms with van der Waals surface area (Å²) in [7, 11) is 0. The molecule has 0 unspecified atom stereocenters. The fraction of sp³-hybridized carbons (Fsp3) is 0.200. The Balaban J connectivity index is 1.58. The maximum absolute atomic E-state index is 13.7. The second-order valence-electron chi connectivity index (χ2n) is 6.53. The molecule has 10 heteroatoms. The maximum atomic E-state index is 13.7. The molecule has 2 amide bonds. The largest absolute Gasteiger partial charge is 0.325 e. The first kappa shape index (κ1) is 21.8. The lowest BCUT2D eigenvalue weighted by Crippen LogP contribution is -2.15. The lowest BCUT2D eigenvalue weighted by atomic mass is 10.1. The zero-order valence-corrected chi connectivity index (χ0v) is 18.0. The fourth-order valence-electron chi connectivity index (χ4n) is 2.87. The molecule has 3 rings (SSSR count). The Kier molecular flexibility index (Phi) is 6.78. The standard InChI is InChI=1S/C20H18F2N4O2S2/c1-10-7-11(2)17(12(3)8-10)23-15(27)9-29-20-26-25-19(30-20)24-18(28)16-13(21)5-4-6-14(16)22/h4-8H,9H2,1-3H3,(H,23,27)(H,24,25,28). The third-order valence-corrected chi connectivity index (χ3v) is 6.06. The van der Waals surface area contributed by atoms with Crippen molar-refractivity contribution >= 4 is 45.7 Å². The monoisotopic (exact) mass is 448 g/mol. The number of rotatable bonds is 6. The third kappa shape index (κ3) is 5.19. The molecule has 1 aromatic heterocycles. The lowest BCUT2D eigenvalue weighted by molar-refractivity contribution is -0.113. The predicted octanol–water partition coefficient (Wildman–Crippen LogP) is 4.72. The summed E-state index contributed by atoms with van der Waals surface area (Å²) in [6.07, 6.45) is 0. The Bertz CT molecular complexity index is 1070. The van der Waals surface area contributed by atoms with Gasteiger partial charge in [0.05, 0.1) is 5.75 Å². The highest BCUT2D eigenvalue weighted by Crippen LogP contribution is 2.27. The van der Waals surface area contributed by atoms with Crippen molar-refractivity contribution in [2.75, 3.05) is 16.4 Å². The van der Waals surface area contributed by atoms with Gasteiger partial charge in [-0.15, -0.1) is 10.2 Å². The molecule has 0 fully saturated rings. The van der Waals surface area contributed by atoms with E-state index in [1.807, 2.05) is 32.9 Å². The molecular weight excluding hydrogens is 430 g/mol. The van der Waals surface area contributed by atoms with Crippen molar-refractivity contribution in [2.24, 2.45) is 0 Å². The Hall–Kier alpha value is -2.85. The molecule has 1 heterocycles. The molecule has 0 spiro atoms. The van der Waals surface area contributed by atoms with Crippen molar-refractivity contribution in [3.05, 3.63) is 64.2 Å². The first-order valence-corrected chi connectivity index (χ1v) is 10.6. The second-order valence-corrected chi connectivity index (χ2v) is 8.73. The average Bonchev–Trinajstić information content (AvgIpc) is 3.10. The minimum atomic E-state index is -0.968. The van der Waals surface area contributed by atoms with Gasteiger partial charge in [0.25, 0.3) is 5.91 Å². The third-order valence-electron chi connectivity index (χ3n) is 4.08. The quantitative estimate of drug-likeness (QED) is 0.421. The highest BCUT2D eigenvalue weighted by atomic mass is 32.2. The van der Waals surface area contributed by atoms with E-state index in [4.69, 9.17) is 0 Å². The lowest BCUT2D eigenvalue weighted by Gasteiger charge is -2.12. The molecule has 2 N–H and O–H groups in total. The van der Waals surface area contributed by atoms with Crippen LogP contribution in [0.5, 0.6) is 0 Å². The SMILES string of the molecule is Cc1cc(C)c(NC(=O)CSc2nnc(NC(=O)c3c(F)cccc3F)s2)c(C)c1. The van der Waals surface area contributed by atoms with Gasteiger partial charge in [-0.3, -0.25) is 14.9 Å². The zero-order chi connectivity index (χ0) is 21.8. The van der Waals surface area contributed by atoms with Gasteiger partial charge in [-0.2, -0.15) is 0 Å². The van der Waals surface area contributed by atoms with Crippen molar-refractivity contribution in [1.29, 1.82) is 0 Å². The van der Waals surface area contributed by atoms with Gasteiger partial charge in [0.15, 0.2) is 4.34 Å². The van der Waals surface area contributed by atoms with Crippen LogP contribution in [-0.2, 0) is 4.79 Å². The van der Waals surface area contributed by atoms with E-state index >= 15 is 0 Å². The molecular formula is C20H18F2N4O2S2. The van der Waals surface area contributed by atoms with Crippen molar-refractivity contribution < 1.29 is 18.4 Å². The number of amides is 2. The topological polar surface area (TPSA) is 84.0 Å². The number of benzene rings is 2. The molecule has 0 atom stereocenters. The number of thioether (sulfide) groups is 1. The molecule has 0 radical (unpaired) electrons. The van der Waals surface area contributed by atoms with Crippen LogP contribution in [0, 0.1) is 32.4 Å². The van der Waals surface area contributed by atoms with Gasteiger partial charge in [0, 0.05) is 5.69 Å². The van der Waals surface area contributed by atoms with Crippen LogP contribution in [0.4, 0.5) is 19.6 Å². The van der Waals surface area contributed by atoms with E-state index in [1.165, 1.54) is 6.07 Å². The molecule has 0 aliphatic heterocycles. The van der Waals surface area contributed by atoms with E-state index in [0.29, 0.717) is 4.34 Å². The summed E-state index contributed by atoms with van der Waals surface area (Å²) in [6, 6.07) is 7.15. The summed E-state index contributed by atoms with van der Waals surface area (Å²) in [5, 5.41) is 13.0. The summed E-state index contributed by atoms with van der Waals surface area (Å²) in [6.45, 7) is 5.86. The predicted molar refractivity (Wildman–Crippen MR) is 114 cm³/mol. The average molecular weight is 449 g/mol. The number of carbonyl (C=O) groups is 2. The van der Waals surface area contributed by atoms with E-state index in [-0.39, 0.29) is 16.8 Å². The first-order chi connectivity index (χ1) is 14.2. The highest BCUT2D eigenvalue weighted by molar-refractivity contribution is 8.01. The number of anilines is 2. The number of nitrogens with zero attached hydrogens (tertiary/aromatic N) is 2. The Morgan fingerprint density at radius 3 is 2.30 bits per heavy atom. The van der Waals surface area contributed by atoms with Crippen molar-refractivity contribution in [3.8, 4) is 0 Å². The molecule has 0 saturated heterocycles. The van der Waals surface area contributed by atoms with E-state index < -0.39 is 23.1 Å². The van der Waals surface area contributed by atoms with Gasteiger partial charge in [0.1, 0.15) is 17.2 Å². The number of aromatic nitrogens is 2. The molecule has 30 heavy (non-hydrogen) atoms. The molecule has 0 aliphatic carbocycles. The van der Waals surface area contributed by atoms with Crippen LogP contribution < -0.4 is 10.6 Å². The molecule has 6 nitrogen and oxygen atoms in total. The molecule has 0 aliphatic rings. The Morgan fingerprint density at radius 2 is 1.67 bits per heavy atom. The summed E-state index contributed by atoms with van der Waals surface area (Å²) in [4.78, 5) is 24.4. The maximum Gasteiger partial charge on any atom is 0.263 e. The first-order valence-electron chi connectivity index (χ1n) is 8.84. The smallest absolute Gasteiger partial charge is 0.263 e. The number of aryl methyl sites for hydroxylation is 3. The van der Waals surface area contributed by atoms with Crippen LogP contribution in [-0.4, -0.2) is 27.8 Å². The number of halogens is 2. The van der Waals surface area contributed by atoms with E-state index in [1.54, 1.807) is 0 Å². The van der Waals surface area contributed by atoms with Crippen molar-refractivity contribution in [1.82, 2.24) is 10.2 Å². The normalized spacial score (nSPS) is 10.7. The van der Waals surface area contributed by atoms with Crippen molar-refractivity contribution in [2.45, 2.75) is 25.1 Å². The van der Waals surface area contributed by atoms with Crippen LogP contribution >= 0.6 is 23.1 Å². The Morgan fingerprint density at radius 1 is 1.03 bits per heavy atom. The second kappa shape index (κ2) is 9.31. The van der Waals surface area contributed by atoms with Crippen LogP contribution in [0.15, 0.2) is 34.7 Å². The molecule has 156 valence electrons. The van der Waals surface area contributed by atoms with Gasteiger partial charge in [-0.05, 0) is 44.0 Å². The van der Waals surface area contributed by atoms with Gasteiger partial charge in [0.2, 0.25) is 11.0 Å². The van der Waals surface area contributed by atoms with Crippen LogP contribution in [0.25, 0.3) is 0 Å². The minimum absolute atomic E-state index is 0.0794. The van der Waals surface area contributed by atoms with Crippen LogP contribution in [0.2, 0.25) is 0 Å². The molecule has 0 bridgehead atoms. The van der Waals surface area contributed by atoms with Crippen molar-refractivity contribution in [3.63, 3.8) is 0 Å². The number of hydrogen-bond acceptors (Lipinski definition) is 6. The van der Waals surface area contributed by atoms with E-state index in [9.17, 15) is 18.4 Å². The summed E-state index contributed by atoms with van der Waals surface area (Å²) in [5.74, 6) is -3.00. The number of carbonyl (C=O) groups excluding carboxylic acids is 2. The molecule has 2 aromatic carbocycles. The van der Waals surface area contributed by atoms with Gasteiger partial charge < -0.3 is 5.32 Å². The van der Waals surface area contributed by atoms with Crippen LogP contribution in [0.3, 0.4) is 0 Å². The zero-order valence-electron chi connectivity index (χ0n) is 16.4.